The Kier molecular flexibility index (Phi) is 4.55. The van der Waals surface area contributed by atoms with E-state index in [1.807, 2.05) is 39.8 Å². The highest BCUT2D eigenvalue weighted by Gasteiger charge is 2.18. The van der Waals surface area contributed by atoms with Gasteiger partial charge in [-0.3, -0.25) is 4.79 Å². The molecule has 0 amide bonds. The third-order valence-electron chi connectivity index (χ3n) is 3.77. The molecular weight excluding hydrogens is 383 g/mol. The van der Waals surface area contributed by atoms with Crippen LogP contribution in [-0.2, 0) is 0 Å². The van der Waals surface area contributed by atoms with E-state index in [2.05, 4.69) is 28.7 Å². The van der Waals surface area contributed by atoms with Crippen molar-refractivity contribution in [2.75, 3.05) is 0 Å². The Hall–Kier alpha value is -0.870. The van der Waals surface area contributed by atoms with Crippen molar-refractivity contribution >= 4 is 40.0 Å². The van der Waals surface area contributed by atoms with Gasteiger partial charge in [0.25, 0.3) is 0 Å². The Bertz CT molecular complexity index is 678. The fourth-order valence-electron chi connectivity index (χ4n) is 2.34. The summed E-state index contributed by atoms with van der Waals surface area (Å²) in [5.41, 5.74) is 5.84. The zero-order chi connectivity index (χ0) is 15.0. The van der Waals surface area contributed by atoms with Gasteiger partial charge >= 0.3 is 0 Å². The van der Waals surface area contributed by atoms with Gasteiger partial charge in [-0.15, -0.1) is 0 Å². The van der Waals surface area contributed by atoms with E-state index in [-0.39, 0.29) is 5.78 Å². The Labute approximate surface area is 138 Å². The topological polar surface area (TPSA) is 17.1 Å². The fraction of sp³-hybridized carbons (Fsp3) is 0.235. The first kappa shape index (κ1) is 15.5. The van der Waals surface area contributed by atoms with Crippen LogP contribution in [-0.4, -0.2) is 5.78 Å². The lowest BCUT2D eigenvalue weighted by Crippen LogP contribution is -2.09. The summed E-state index contributed by atoms with van der Waals surface area (Å²) in [7, 11) is 0. The molecule has 0 aliphatic carbocycles. The first-order valence-electron chi connectivity index (χ1n) is 6.40. The number of ketones is 1. The van der Waals surface area contributed by atoms with Gasteiger partial charge in [-0.25, -0.2) is 0 Å². The van der Waals surface area contributed by atoms with Crippen molar-refractivity contribution in [1.29, 1.82) is 0 Å². The fourth-order valence-corrected chi connectivity index (χ4v) is 2.86. The van der Waals surface area contributed by atoms with Crippen molar-refractivity contribution in [1.82, 2.24) is 0 Å². The maximum Gasteiger partial charge on any atom is 0.193 e. The van der Waals surface area contributed by atoms with Gasteiger partial charge in [0.15, 0.2) is 5.78 Å². The quantitative estimate of drug-likeness (QED) is 0.488. The Balaban J connectivity index is 2.62. The number of carbonyl (C=O) groups is 1. The Morgan fingerprint density at radius 3 is 2.05 bits per heavy atom. The zero-order valence-corrected chi connectivity index (χ0v) is 14.9. The van der Waals surface area contributed by atoms with Crippen LogP contribution < -0.4 is 0 Å². The summed E-state index contributed by atoms with van der Waals surface area (Å²) in [5.74, 6) is 0.0464. The molecule has 0 aliphatic rings. The zero-order valence-electron chi connectivity index (χ0n) is 12.0. The van der Waals surface area contributed by atoms with E-state index in [1.54, 1.807) is 6.07 Å². The Morgan fingerprint density at radius 1 is 1.00 bits per heavy atom. The molecule has 0 unspecified atom stereocenters. The molecule has 0 radical (unpaired) electrons. The lowest BCUT2D eigenvalue weighted by Gasteiger charge is -2.14. The van der Waals surface area contributed by atoms with Crippen LogP contribution in [0.25, 0.3) is 0 Å². The van der Waals surface area contributed by atoms with Crippen LogP contribution in [0.5, 0.6) is 0 Å². The molecule has 2 rings (SSSR count). The van der Waals surface area contributed by atoms with Crippen LogP contribution in [0.1, 0.15) is 38.2 Å². The molecular formula is C17H16ClIO. The third-order valence-corrected chi connectivity index (χ3v) is 5.35. The van der Waals surface area contributed by atoms with E-state index < -0.39 is 0 Å². The molecule has 0 saturated carbocycles. The van der Waals surface area contributed by atoms with E-state index in [0.29, 0.717) is 10.6 Å². The van der Waals surface area contributed by atoms with E-state index >= 15 is 0 Å². The maximum atomic E-state index is 12.8. The van der Waals surface area contributed by atoms with Crippen LogP contribution >= 0.6 is 34.2 Å². The standard InChI is InChI=1S/C17H16ClIO/c1-9-7-10(2)12(4)16(11(9)3)17(20)13-5-6-15(19)14(18)8-13/h5-8H,1-4H3. The number of hydrogen-bond acceptors (Lipinski definition) is 1. The van der Waals surface area contributed by atoms with Crippen molar-refractivity contribution in [3.63, 3.8) is 0 Å². The molecule has 0 heterocycles. The van der Waals surface area contributed by atoms with Gasteiger partial charge < -0.3 is 0 Å². The molecule has 0 N–H and O–H groups in total. The van der Waals surface area contributed by atoms with Crippen LogP contribution in [0.3, 0.4) is 0 Å². The largest absolute Gasteiger partial charge is 0.289 e. The van der Waals surface area contributed by atoms with Gasteiger partial charge in [0.2, 0.25) is 0 Å². The monoisotopic (exact) mass is 398 g/mol. The predicted octanol–water partition coefficient (Wildman–Crippen LogP) is 5.41. The summed E-state index contributed by atoms with van der Waals surface area (Å²) in [5, 5.41) is 0.621. The van der Waals surface area contributed by atoms with Crippen LogP contribution in [0.15, 0.2) is 24.3 Å². The molecule has 2 aromatic rings. The molecule has 0 bridgehead atoms. The van der Waals surface area contributed by atoms with Crippen LogP contribution in [0, 0.1) is 31.3 Å². The van der Waals surface area contributed by atoms with Gasteiger partial charge in [-0.05, 0) is 90.7 Å². The average molecular weight is 399 g/mol. The van der Waals surface area contributed by atoms with Crippen molar-refractivity contribution in [3.05, 3.63) is 66.2 Å². The summed E-state index contributed by atoms with van der Waals surface area (Å²) >= 11 is 8.29. The molecule has 3 heteroatoms. The summed E-state index contributed by atoms with van der Waals surface area (Å²) in [6.45, 7) is 8.09. The van der Waals surface area contributed by atoms with E-state index in [4.69, 9.17) is 11.6 Å². The SMILES string of the molecule is Cc1cc(C)c(C)c(C(=O)c2ccc(I)c(Cl)c2)c1C. The van der Waals surface area contributed by atoms with Crippen LogP contribution in [0.2, 0.25) is 5.02 Å². The first-order chi connectivity index (χ1) is 9.32. The molecule has 2 aromatic carbocycles. The van der Waals surface area contributed by atoms with Crippen molar-refractivity contribution in [2.24, 2.45) is 0 Å². The molecule has 104 valence electrons. The molecule has 0 fully saturated rings. The number of rotatable bonds is 2. The second kappa shape index (κ2) is 5.86. The van der Waals surface area contributed by atoms with Gasteiger partial charge in [0.1, 0.15) is 0 Å². The highest BCUT2D eigenvalue weighted by atomic mass is 127. The van der Waals surface area contributed by atoms with Crippen LogP contribution in [0.4, 0.5) is 0 Å². The van der Waals surface area contributed by atoms with Crippen molar-refractivity contribution in [3.8, 4) is 0 Å². The normalized spacial score (nSPS) is 10.7. The highest BCUT2D eigenvalue weighted by molar-refractivity contribution is 14.1. The summed E-state index contributed by atoms with van der Waals surface area (Å²) < 4.78 is 0.953. The third kappa shape index (κ3) is 2.77. The highest BCUT2D eigenvalue weighted by Crippen LogP contribution is 2.26. The Morgan fingerprint density at radius 2 is 1.55 bits per heavy atom. The van der Waals surface area contributed by atoms with Gasteiger partial charge in [0, 0.05) is 14.7 Å². The van der Waals surface area contributed by atoms with Crippen molar-refractivity contribution in [2.45, 2.75) is 27.7 Å². The number of benzene rings is 2. The molecule has 0 aromatic heterocycles. The van der Waals surface area contributed by atoms with E-state index in [0.717, 1.165) is 31.4 Å². The number of halogens is 2. The van der Waals surface area contributed by atoms with Gasteiger partial charge in [0.05, 0.1) is 5.02 Å². The number of hydrogen-bond donors (Lipinski definition) is 0. The first-order valence-corrected chi connectivity index (χ1v) is 7.85. The minimum atomic E-state index is 0.0464. The minimum absolute atomic E-state index is 0.0464. The molecule has 0 spiro atoms. The number of carbonyl (C=O) groups excluding carboxylic acids is 1. The maximum absolute atomic E-state index is 12.8. The van der Waals surface area contributed by atoms with Gasteiger partial charge in [-0.2, -0.15) is 0 Å². The van der Waals surface area contributed by atoms with Crippen molar-refractivity contribution < 1.29 is 4.79 Å². The summed E-state index contributed by atoms with van der Waals surface area (Å²) in [4.78, 5) is 12.8. The second-order valence-corrected chi connectivity index (χ2v) is 6.66. The second-order valence-electron chi connectivity index (χ2n) is 5.09. The van der Waals surface area contributed by atoms with Gasteiger partial charge in [-0.1, -0.05) is 17.7 Å². The minimum Gasteiger partial charge on any atom is -0.289 e. The predicted molar refractivity (Wildman–Crippen MR) is 93.0 cm³/mol. The lowest BCUT2D eigenvalue weighted by molar-refractivity contribution is 0.103. The van der Waals surface area contributed by atoms with E-state index in [1.165, 1.54) is 0 Å². The molecule has 20 heavy (non-hydrogen) atoms. The summed E-state index contributed by atoms with van der Waals surface area (Å²) in [6.07, 6.45) is 0. The smallest absolute Gasteiger partial charge is 0.193 e. The molecule has 1 nitrogen and oxygen atoms in total. The number of aryl methyl sites for hydroxylation is 2. The lowest BCUT2D eigenvalue weighted by atomic mass is 9.89. The molecule has 0 aliphatic heterocycles. The molecule has 0 saturated heterocycles. The average Bonchev–Trinajstić information content (AvgIpc) is 2.40. The van der Waals surface area contributed by atoms with E-state index in [9.17, 15) is 4.79 Å². The summed E-state index contributed by atoms with van der Waals surface area (Å²) in [6, 6.07) is 7.60. The molecule has 0 atom stereocenters.